The lowest BCUT2D eigenvalue weighted by Gasteiger charge is -2.26. The molecule has 2 aromatic rings. The molecule has 2 aromatic carbocycles. The number of nitrogens with zero attached hydrogens (tertiary/aromatic N) is 1. The van der Waals surface area contributed by atoms with Crippen molar-refractivity contribution in [2.45, 2.75) is 103 Å². The summed E-state index contributed by atoms with van der Waals surface area (Å²) >= 11 is 0. The number of hydrogen-bond acceptors (Lipinski definition) is 4. The Morgan fingerprint density at radius 1 is 0.805 bits per heavy atom. The van der Waals surface area contributed by atoms with E-state index in [0.717, 1.165) is 30.4 Å². The Balaban J connectivity index is 1.51. The number of aliphatic hydroxyl groups excluding tert-OH is 1. The number of benzene rings is 2. The van der Waals surface area contributed by atoms with Gasteiger partial charge in [0.2, 0.25) is 0 Å². The number of rotatable bonds is 20. The number of ether oxygens (including phenoxy) is 1. The fraction of sp³-hybridized carbons (Fsp3) is 0.500. The van der Waals surface area contributed by atoms with E-state index >= 15 is 0 Å². The van der Waals surface area contributed by atoms with Crippen LogP contribution in [0.3, 0.4) is 0 Å². The number of aliphatic hydroxyl groups is 1. The Kier molecular flexibility index (Phi) is 14.3. The van der Waals surface area contributed by atoms with Gasteiger partial charge in [-0.1, -0.05) is 139 Å². The molecule has 5 nitrogen and oxygen atoms in total. The van der Waals surface area contributed by atoms with Crippen molar-refractivity contribution in [2.75, 3.05) is 13.7 Å². The van der Waals surface area contributed by atoms with Crippen molar-refractivity contribution < 1.29 is 19.4 Å². The van der Waals surface area contributed by atoms with Gasteiger partial charge >= 0.3 is 0 Å². The highest BCUT2D eigenvalue weighted by atomic mass is 16.5. The van der Waals surface area contributed by atoms with E-state index in [4.69, 9.17) is 4.74 Å². The summed E-state index contributed by atoms with van der Waals surface area (Å²) in [5.74, 6) is -0.582. The molecule has 1 aliphatic heterocycles. The fourth-order valence-electron chi connectivity index (χ4n) is 5.57. The van der Waals surface area contributed by atoms with Crippen molar-refractivity contribution in [1.82, 2.24) is 4.90 Å². The van der Waals surface area contributed by atoms with Crippen LogP contribution in [-0.4, -0.2) is 35.4 Å². The number of carbonyl (C=O) groups is 2. The third-order valence-electron chi connectivity index (χ3n) is 7.98. The lowest BCUT2D eigenvalue weighted by Crippen LogP contribution is -2.32. The predicted octanol–water partition coefficient (Wildman–Crippen LogP) is 9.15. The molecule has 0 saturated heterocycles. The molecule has 0 aromatic heterocycles. The summed E-state index contributed by atoms with van der Waals surface area (Å²) in [7, 11) is 1.60. The number of hydrogen-bond donors (Lipinski definition) is 1. The normalized spacial score (nSPS) is 15.3. The average Bonchev–Trinajstić information content (AvgIpc) is 3.25. The van der Waals surface area contributed by atoms with E-state index in [1.165, 1.54) is 76.7 Å². The zero-order valence-corrected chi connectivity index (χ0v) is 25.2. The van der Waals surface area contributed by atoms with Crippen molar-refractivity contribution in [1.29, 1.82) is 0 Å². The van der Waals surface area contributed by atoms with Crippen LogP contribution < -0.4 is 4.74 Å². The van der Waals surface area contributed by atoms with E-state index in [0.29, 0.717) is 12.3 Å². The lowest BCUT2D eigenvalue weighted by molar-refractivity contribution is -0.129. The molecule has 0 bridgehead atoms. The van der Waals surface area contributed by atoms with Gasteiger partial charge < -0.3 is 14.7 Å². The number of methoxy groups -OCH3 is 1. The first-order valence-electron chi connectivity index (χ1n) is 15.7. The Morgan fingerprint density at radius 3 is 1.88 bits per heavy atom. The van der Waals surface area contributed by atoms with Gasteiger partial charge in [-0.2, -0.15) is 0 Å². The minimum Gasteiger partial charge on any atom is -0.503 e. The van der Waals surface area contributed by atoms with E-state index in [1.807, 2.05) is 54.6 Å². The smallest absolute Gasteiger partial charge is 0.290 e. The highest BCUT2D eigenvalue weighted by Crippen LogP contribution is 2.38. The maximum absolute atomic E-state index is 13.3. The van der Waals surface area contributed by atoms with Crippen LogP contribution in [0.5, 0.6) is 5.75 Å². The Morgan fingerprint density at radius 2 is 1.34 bits per heavy atom. The average molecular weight is 560 g/mol. The van der Waals surface area contributed by atoms with Crippen molar-refractivity contribution in [3.8, 4) is 5.75 Å². The third-order valence-corrected chi connectivity index (χ3v) is 7.98. The highest BCUT2D eigenvalue weighted by Gasteiger charge is 2.42. The van der Waals surface area contributed by atoms with Gasteiger partial charge in [-0.25, -0.2) is 0 Å². The summed E-state index contributed by atoms with van der Waals surface area (Å²) in [6.07, 6.45) is 20.8. The molecular weight excluding hydrogens is 510 g/mol. The zero-order valence-electron chi connectivity index (χ0n) is 25.2. The van der Waals surface area contributed by atoms with Crippen LogP contribution in [0.4, 0.5) is 0 Å². The minimum absolute atomic E-state index is 0.137. The summed E-state index contributed by atoms with van der Waals surface area (Å²) < 4.78 is 5.30. The van der Waals surface area contributed by atoms with E-state index in [-0.39, 0.29) is 11.4 Å². The van der Waals surface area contributed by atoms with Gasteiger partial charge in [0.25, 0.3) is 5.91 Å². The molecule has 0 radical (unpaired) electrons. The monoisotopic (exact) mass is 559 g/mol. The largest absolute Gasteiger partial charge is 0.503 e. The van der Waals surface area contributed by atoms with Gasteiger partial charge in [-0.3, -0.25) is 9.59 Å². The SMILES string of the molecule is CCCCCCCCCCCCCCCCN1C(=O)C(O)=C(C(=O)C=Cc2ccccc2)C1c1ccc(OC)cc1. The summed E-state index contributed by atoms with van der Waals surface area (Å²) in [5, 5.41) is 10.9. The molecule has 222 valence electrons. The van der Waals surface area contributed by atoms with Gasteiger partial charge in [-0.05, 0) is 35.8 Å². The summed E-state index contributed by atoms with van der Waals surface area (Å²) in [6.45, 7) is 2.76. The van der Waals surface area contributed by atoms with Crippen molar-refractivity contribution in [2.24, 2.45) is 0 Å². The molecular formula is C36H49NO4. The van der Waals surface area contributed by atoms with Crippen LogP contribution in [0, 0.1) is 0 Å². The molecule has 0 fully saturated rings. The third kappa shape index (κ3) is 10.2. The van der Waals surface area contributed by atoms with Crippen molar-refractivity contribution in [3.05, 3.63) is 83.1 Å². The van der Waals surface area contributed by atoms with Crippen LogP contribution in [0.25, 0.3) is 6.08 Å². The Hall–Kier alpha value is -3.34. The zero-order chi connectivity index (χ0) is 29.3. The second-order valence-corrected chi connectivity index (χ2v) is 11.1. The second kappa shape index (κ2) is 18.2. The van der Waals surface area contributed by atoms with Crippen LogP contribution in [0.1, 0.15) is 114 Å². The number of amides is 1. The van der Waals surface area contributed by atoms with E-state index in [9.17, 15) is 14.7 Å². The number of allylic oxidation sites excluding steroid dienone is 1. The van der Waals surface area contributed by atoms with E-state index < -0.39 is 17.7 Å². The van der Waals surface area contributed by atoms with Crippen molar-refractivity contribution >= 4 is 17.8 Å². The topological polar surface area (TPSA) is 66.8 Å². The molecule has 0 aliphatic carbocycles. The van der Waals surface area contributed by atoms with Gasteiger partial charge in [0.1, 0.15) is 5.75 Å². The lowest BCUT2D eigenvalue weighted by atomic mass is 9.95. The molecule has 0 saturated carbocycles. The first kappa shape index (κ1) is 32.2. The minimum atomic E-state index is -0.622. The number of carbonyl (C=O) groups excluding carboxylic acids is 2. The molecule has 1 N–H and O–H groups in total. The fourth-order valence-corrected chi connectivity index (χ4v) is 5.57. The van der Waals surface area contributed by atoms with E-state index in [2.05, 4.69) is 6.92 Å². The Bertz CT molecular complexity index is 1120. The highest BCUT2D eigenvalue weighted by molar-refractivity contribution is 6.14. The Labute approximate surface area is 247 Å². The molecule has 41 heavy (non-hydrogen) atoms. The molecule has 1 aliphatic rings. The summed E-state index contributed by atoms with van der Waals surface area (Å²) in [6, 6.07) is 16.3. The second-order valence-electron chi connectivity index (χ2n) is 11.1. The maximum atomic E-state index is 13.3. The molecule has 5 heteroatoms. The first-order chi connectivity index (χ1) is 20.1. The first-order valence-corrected chi connectivity index (χ1v) is 15.7. The summed E-state index contributed by atoms with van der Waals surface area (Å²) in [4.78, 5) is 28.2. The number of unbranched alkanes of at least 4 members (excludes halogenated alkanes) is 13. The van der Waals surface area contributed by atoms with Crippen molar-refractivity contribution in [3.63, 3.8) is 0 Å². The predicted molar refractivity (Wildman–Crippen MR) is 168 cm³/mol. The van der Waals surface area contributed by atoms with Crippen LogP contribution >= 0.6 is 0 Å². The molecule has 1 unspecified atom stereocenters. The van der Waals surface area contributed by atoms with Crippen LogP contribution in [0.15, 0.2) is 72.0 Å². The quantitative estimate of drug-likeness (QED) is 0.130. The van der Waals surface area contributed by atoms with Crippen LogP contribution in [-0.2, 0) is 9.59 Å². The maximum Gasteiger partial charge on any atom is 0.290 e. The molecule has 1 amide bonds. The number of ketones is 1. The van der Waals surface area contributed by atoms with Gasteiger partial charge in [0.05, 0.1) is 18.7 Å². The molecule has 3 rings (SSSR count). The standard InChI is InChI=1S/C36H49NO4/c1-3-4-5-6-7-8-9-10-11-12-13-14-15-19-28-37-34(30-23-25-31(41-2)26-24-30)33(35(39)36(37)40)32(38)27-22-29-20-17-16-18-21-29/h16-18,20-27,34,39H,3-15,19,28H2,1-2H3. The van der Waals surface area contributed by atoms with Gasteiger partial charge in [0.15, 0.2) is 11.5 Å². The molecule has 1 atom stereocenters. The van der Waals surface area contributed by atoms with Gasteiger partial charge in [-0.15, -0.1) is 0 Å². The van der Waals surface area contributed by atoms with E-state index in [1.54, 1.807) is 18.1 Å². The van der Waals surface area contributed by atoms with Gasteiger partial charge in [0, 0.05) is 6.54 Å². The van der Waals surface area contributed by atoms with Crippen LogP contribution in [0.2, 0.25) is 0 Å². The molecule has 0 spiro atoms. The molecule has 1 heterocycles. The summed E-state index contributed by atoms with van der Waals surface area (Å²) in [5.41, 5.74) is 1.80.